The monoisotopic (exact) mass is 358 g/mol. The molecule has 1 saturated heterocycles. The molecule has 0 saturated carbocycles. The van der Waals surface area contributed by atoms with Gasteiger partial charge in [0, 0.05) is 24.2 Å². The van der Waals surface area contributed by atoms with Crippen LogP contribution in [0.2, 0.25) is 0 Å². The minimum Gasteiger partial charge on any atom is -0.494 e. The van der Waals surface area contributed by atoms with Crippen molar-refractivity contribution in [2.75, 3.05) is 26.3 Å². The average molecular weight is 358 g/mol. The van der Waals surface area contributed by atoms with Crippen molar-refractivity contribution < 1.29 is 24.5 Å². The highest BCUT2D eigenvalue weighted by molar-refractivity contribution is 5.71. The maximum atomic E-state index is 12.1. The molecule has 2 aliphatic rings. The molecule has 7 nitrogen and oxygen atoms in total. The zero-order valence-electron chi connectivity index (χ0n) is 14.5. The van der Waals surface area contributed by atoms with Crippen molar-refractivity contribution in [2.24, 2.45) is 0 Å². The number of benzene rings is 1. The summed E-state index contributed by atoms with van der Waals surface area (Å²) >= 11 is 0. The summed E-state index contributed by atoms with van der Waals surface area (Å²) < 4.78 is 12.1. The molecule has 1 fully saturated rings. The highest BCUT2D eigenvalue weighted by Crippen LogP contribution is 2.40. The van der Waals surface area contributed by atoms with Gasteiger partial charge in [0.2, 0.25) is 11.8 Å². The number of amides is 1. The van der Waals surface area contributed by atoms with Gasteiger partial charge in [-0.25, -0.2) is 4.79 Å². The Kier molecular flexibility index (Phi) is 4.46. The fourth-order valence-corrected chi connectivity index (χ4v) is 3.59. The predicted octanol–water partition coefficient (Wildman–Crippen LogP) is 2.60. The molecule has 2 heterocycles. The van der Waals surface area contributed by atoms with Crippen LogP contribution in [0.15, 0.2) is 24.3 Å². The van der Waals surface area contributed by atoms with Gasteiger partial charge >= 0.3 is 6.09 Å². The van der Waals surface area contributed by atoms with Gasteiger partial charge in [-0.05, 0) is 49.9 Å². The Morgan fingerprint density at radius 2 is 1.54 bits per heavy atom. The predicted molar refractivity (Wildman–Crippen MR) is 94.2 cm³/mol. The van der Waals surface area contributed by atoms with Crippen LogP contribution >= 0.6 is 0 Å². The minimum atomic E-state index is -0.400. The normalized spacial score (nSPS) is 17.0. The number of hydrogen-bond donors (Lipinski definition) is 2. The van der Waals surface area contributed by atoms with E-state index in [9.17, 15) is 15.0 Å². The maximum Gasteiger partial charge on any atom is 0.415 e. The number of aromatic nitrogens is 1. The van der Waals surface area contributed by atoms with Crippen LogP contribution in [0.4, 0.5) is 4.79 Å². The molecule has 0 radical (unpaired) electrons. The lowest BCUT2D eigenvalue weighted by Gasteiger charge is -2.25. The van der Waals surface area contributed by atoms with Crippen molar-refractivity contribution in [1.29, 1.82) is 0 Å². The smallest absolute Gasteiger partial charge is 0.415 e. The number of fused-ring (bicyclic) bond motifs is 1. The van der Waals surface area contributed by atoms with Gasteiger partial charge in [0.1, 0.15) is 5.75 Å². The van der Waals surface area contributed by atoms with Gasteiger partial charge in [0.25, 0.3) is 0 Å². The number of carbonyl (C=O) groups is 1. The van der Waals surface area contributed by atoms with E-state index in [-0.39, 0.29) is 11.8 Å². The molecule has 0 unspecified atom stereocenters. The zero-order chi connectivity index (χ0) is 18.1. The Bertz CT molecular complexity index is 777. The van der Waals surface area contributed by atoms with Crippen molar-refractivity contribution in [3.8, 4) is 23.2 Å². The van der Waals surface area contributed by atoms with E-state index in [1.807, 2.05) is 0 Å². The van der Waals surface area contributed by atoms with Gasteiger partial charge in [-0.1, -0.05) is 0 Å². The van der Waals surface area contributed by atoms with E-state index in [0.29, 0.717) is 37.7 Å². The molecular formula is C19H22N2O5. The number of nitrogens with zero attached hydrogens (tertiary/aromatic N) is 2. The summed E-state index contributed by atoms with van der Waals surface area (Å²) in [6.45, 7) is 2.08. The minimum absolute atomic E-state index is 0.0928. The Morgan fingerprint density at radius 3 is 2.12 bits per heavy atom. The number of carbonyl (C=O) groups excluding carboxylic acids is 1. The van der Waals surface area contributed by atoms with Crippen LogP contribution in [-0.2, 0) is 17.6 Å². The standard InChI is InChI=1S/C19H22N2O5/c22-17-15-3-1-2-4-16(15)18(23)21(17)13-5-7-14(8-6-13)26-19(24)20-9-11-25-12-10-20/h5-8,22-23H,1-4,9-12H2. The second kappa shape index (κ2) is 6.92. The molecule has 4 rings (SSSR count). The molecule has 7 heteroatoms. The third-order valence-corrected chi connectivity index (χ3v) is 5.00. The lowest BCUT2D eigenvalue weighted by atomic mass is 9.95. The summed E-state index contributed by atoms with van der Waals surface area (Å²) in [4.78, 5) is 13.7. The van der Waals surface area contributed by atoms with Crippen LogP contribution in [-0.4, -0.2) is 52.1 Å². The first-order valence-corrected chi connectivity index (χ1v) is 8.94. The molecule has 0 spiro atoms. The first-order chi connectivity index (χ1) is 12.6. The highest BCUT2D eigenvalue weighted by atomic mass is 16.6. The van der Waals surface area contributed by atoms with Gasteiger partial charge in [-0.3, -0.25) is 4.57 Å². The van der Waals surface area contributed by atoms with Gasteiger partial charge in [0.05, 0.1) is 18.9 Å². The summed E-state index contributed by atoms with van der Waals surface area (Å²) in [6.07, 6.45) is 3.18. The molecule has 138 valence electrons. The largest absolute Gasteiger partial charge is 0.494 e. The third-order valence-electron chi connectivity index (χ3n) is 5.00. The molecule has 2 aromatic rings. The average Bonchev–Trinajstić information content (AvgIpc) is 2.94. The molecule has 1 aliphatic carbocycles. The van der Waals surface area contributed by atoms with Crippen molar-refractivity contribution in [2.45, 2.75) is 25.7 Å². The van der Waals surface area contributed by atoms with Crippen molar-refractivity contribution in [1.82, 2.24) is 9.47 Å². The first-order valence-electron chi connectivity index (χ1n) is 8.94. The Morgan fingerprint density at radius 1 is 0.962 bits per heavy atom. The van der Waals surface area contributed by atoms with Crippen LogP contribution in [0.1, 0.15) is 24.0 Å². The topological polar surface area (TPSA) is 84.2 Å². The van der Waals surface area contributed by atoms with E-state index in [0.717, 1.165) is 36.8 Å². The zero-order valence-corrected chi connectivity index (χ0v) is 14.5. The van der Waals surface area contributed by atoms with Gasteiger partial charge in [-0.2, -0.15) is 0 Å². The molecule has 2 N–H and O–H groups in total. The van der Waals surface area contributed by atoms with E-state index in [1.54, 1.807) is 29.2 Å². The Hall–Kier alpha value is -2.67. The van der Waals surface area contributed by atoms with Crippen LogP contribution in [0.5, 0.6) is 17.5 Å². The van der Waals surface area contributed by atoms with E-state index in [1.165, 1.54) is 4.57 Å². The highest BCUT2D eigenvalue weighted by Gasteiger charge is 2.25. The van der Waals surface area contributed by atoms with Gasteiger partial charge in [0.15, 0.2) is 0 Å². The van der Waals surface area contributed by atoms with Crippen molar-refractivity contribution >= 4 is 6.09 Å². The number of hydrogen-bond acceptors (Lipinski definition) is 5. The molecule has 1 aromatic carbocycles. The number of morpholine rings is 1. The van der Waals surface area contributed by atoms with Crippen LogP contribution in [0, 0.1) is 0 Å². The second-order valence-corrected chi connectivity index (χ2v) is 6.61. The van der Waals surface area contributed by atoms with Crippen LogP contribution in [0.25, 0.3) is 5.69 Å². The molecule has 1 aliphatic heterocycles. The maximum absolute atomic E-state index is 12.1. The summed E-state index contributed by atoms with van der Waals surface area (Å²) in [6, 6.07) is 6.75. The first kappa shape index (κ1) is 16.8. The second-order valence-electron chi connectivity index (χ2n) is 6.61. The van der Waals surface area contributed by atoms with Gasteiger partial charge in [-0.15, -0.1) is 0 Å². The lowest BCUT2D eigenvalue weighted by molar-refractivity contribution is 0.0416. The fraction of sp³-hybridized carbons (Fsp3) is 0.421. The van der Waals surface area contributed by atoms with E-state index in [2.05, 4.69) is 0 Å². The van der Waals surface area contributed by atoms with Gasteiger partial charge < -0.3 is 24.6 Å². The van der Waals surface area contributed by atoms with E-state index < -0.39 is 6.09 Å². The van der Waals surface area contributed by atoms with Crippen molar-refractivity contribution in [3.05, 3.63) is 35.4 Å². The van der Waals surface area contributed by atoms with Crippen LogP contribution < -0.4 is 4.74 Å². The summed E-state index contributed by atoms with van der Waals surface area (Å²) in [7, 11) is 0. The lowest BCUT2D eigenvalue weighted by Crippen LogP contribution is -2.42. The molecule has 26 heavy (non-hydrogen) atoms. The van der Waals surface area contributed by atoms with E-state index >= 15 is 0 Å². The Balaban J connectivity index is 1.53. The quantitative estimate of drug-likeness (QED) is 0.862. The molecule has 1 aromatic heterocycles. The molecule has 1 amide bonds. The van der Waals surface area contributed by atoms with E-state index in [4.69, 9.17) is 9.47 Å². The Labute approximate surface area is 151 Å². The summed E-state index contributed by atoms with van der Waals surface area (Å²) in [5.74, 6) is 0.603. The third kappa shape index (κ3) is 2.99. The molecular weight excluding hydrogens is 336 g/mol. The SMILES string of the molecule is O=C(Oc1ccc(-n2c(O)c3c(c2O)CCCC3)cc1)N1CCOCC1. The fourth-order valence-electron chi connectivity index (χ4n) is 3.59. The molecule has 0 atom stereocenters. The molecule has 0 bridgehead atoms. The van der Waals surface area contributed by atoms with Crippen molar-refractivity contribution in [3.63, 3.8) is 0 Å². The summed E-state index contributed by atoms with van der Waals surface area (Å²) in [5, 5.41) is 21.0. The number of aromatic hydroxyl groups is 2. The summed E-state index contributed by atoms with van der Waals surface area (Å²) in [5.41, 5.74) is 2.29. The number of rotatable bonds is 2. The number of ether oxygens (including phenoxy) is 2. The van der Waals surface area contributed by atoms with Crippen LogP contribution in [0.3, 0.4) is 0 Å².